The van der Waals surface area contributed by atoms with Crippen LogP contribution in [0.3, 0.4) is 0 Å². The van der Waals surface area contributed by atoms with Crippen LogP contribution in [0.15, 0.2) is 267 Å². The first-order valence-corrected chi connectivity index (χ1v) is 29.9. The molecule has 0 N–H and O–H groups in total. The van der Waals surface area contributed by atoms with Gasteiger partial charge in [-0.25, -0.2) is 0 Å². The van der Waals surface area contributed by atoms with Gasteiger partial charge in [0.25, 0.3) is 0 Å². The van der Waals surface area contributed by atoms with Crippen molar-refractivity contribution in [2.24, 2.45) is 0 Å². The van der Waals surface area contributed by atoms with E-state index >= 15 is 0 Å². The Balaban J connectivity index is 1.06. The predicted octanol–water partition coefficient (Wildman–Crippen LogP) is 22.4. The fourth-order valence-corrected chi connectivity index (χ4v) is 14.5. The van der Waals surface area contributed by atoms with Gasteiger partial charge in [-0.15, -0.1) is 0 Å². The monoisotopic (exact) mass is 1080 g/mol. The minimum Gasteiger partial charge on any atom is -0.310 e. The topological polar surface area (TPSA) is 6.48 Å². The molecule has 84 heavy (non-hydrogen) atoms. The van der Waals surface area contributed by atoms with Gasteiger partial charge in [0, 0.05) is 39.4 Å². The molecule has 0 unspecified atom stereocenters. The van der Waals surface area contributed by atoms with Gasteiger partial charge in [0.05, 0.1) is 11.1 Å². The van der Waals surface area contributed by atoms with Crippen molar-refractivity contribution in [3.05, 3.63) is 311 Å². The molecule has 0 atom stereocenters. The highest BCUT2D eigenvalue weighted by atomic mass is 15.2. The summed E-state index contributed by atoms with van der Waals surface area (Å²) in [4.78, 5) is 5.05. The number of hydrogen-bond donors (Lipinski definition) is 0. The van der Waals surface area contributed by atoms with Gasteiger partial charge in [-0.2, -0.15) is 0 Å². The van der Waals surface area contributed by atoms with Crippen LogP contribution in [-0.2, 0) is 21.7 Å². The van der Waals surface area contributed by atoms with E-state index in [9.17, 15) is 0 Å². The summed E-state index contributed by atoms with van der Waals surface area (Å²) in [6, 6.07) is 101. The van der Waals surface area contributed by atoms with Gasteiger partial charge in [-0.1, -0.05) is 243 Å². The Morgan fingerprint density at radius 1 is 0.286 bits per heavy atom. The van der Waals surface area contributed by atoms with Gasteiger partial charge < -0.3 is 9.80 Å². The highest BCUT2D eigenvalue weighted by Gasteiger charge is 2.55. The van der Waals surface area contributed by atoms with E-state index < -0.39 is 10.8 Å². The van der Waals surface area contributed by atoms with Crippen LogP contribution in [0.2, 0.25) is 0 Å². The second-order valence-electron chi connectivity index (χ2n) is 26.1. The minimum absolute atomic E-state index is 0.0907. The molecule has 15 rings (SSSR count). The fourth-order valence-electron chi connectivity index (χ4n) is 14.5. The zero-order chi connectivity index (χ0) is 57.3. The van der Waals surface area contributed by atoms with Gasteiger partial charge in [0.2, 0.25) is 0 Å². The van der Waals surface area contributed by atoms with Gasteiger partial charge in [0.15, 0.2) is 0 Å². The second-order valence-corrected chi connectivity index (χ2v) is 26.1. The highest BCUT2D eigenvalue weighted by Crippen LogP contribution is 2.69. The molecular formula is C82H68N2. The van der Waals surface area contributed by atoms with Crippen LogP contribution in [0, 0.1) is 0 Å². The molecule has 12 aromatic carbocycles. The van der Waals surface area contributed by atoms with Crippen LogP contribution in [0.4, 0.5) is 34.1 Å². The van der Waals surface area contributed by atoms with Crippen molar-refractivity contribution < 1.29 is 0 Å². The molecule has 1 spiro atoms. The van der Waals surface area contributed by atoms with E-state index in [2.05, 4.69) is 332 Å². The lowest BCUT2D eigenvalue weighted by atomic mass is 9.68. The third-order valence-corrected chi connectivity index (χ3v) is 18.7. The van der Waals surface area contributed by atoms with Gasteiger partial charge in [-0.05, 0) is 195 Å². The summed E-state index contributed by atoms with van der Waals surface area (Å²) < 4.78 is 0. The second kappa shape index (κ2) is 19.0. The summed E-state index contributed by atoms with van der Waals surface area (Å²) in [5.41, 5.74) is 28.7. The number of hydrogen-bond acceptors (Lipinski definition) is 2. The third kappa shape index (κ3) is 7.91. The molecule has 406 valence electrons. The summed E-state index contributed by atoms with van der Waals surface area (Å²) in [6.07, 6.45) is 0. The van der Waals surface area contributed by atoms with E-state index in [0.29, 0.717) is 0 Å². The van der Waals surface area contributed by atoms with E-state index in [1.54, 1.807) is 0 Å². The minimum atomic E-state index is -0.673. The first-order valence-electron chi connectivity index (χ1n) is 29.9. The molecule has 0 heterocycles. The maximum absolute atomic E-state index is 2.68. The Morgan fingerprint density at radius 2 is 0.679 bits per heavy atom. The summed E-state index contributed by atoms with van der Waals surface area (Å²) >= 11 is 0. The average Bonchev–Trinajstić information content (AvgIpc) is 1.56. The van der Waals surface area contributed by atoms with Crippen molar-refractivity contribution in [3.63, 3.8) is 0 Å². The predicted molar refractivity (Wildman–Crippen MR) is 355 cm³/mol. The molecule has 0 saturated heterocycles. The van der Waals surface area contributed by atoms with E-state index in [0.717, 1.165) is 28.4 Å². The van der Waals surface area contributed by atoms with Crippen LogP contribution in [0.1, 0.15) is 99.9 Å². The van der Waals surface area contributed by atoms with Gasteiger partial charge in [-0.3, -0.25) is 0 Å². The molecule has 0 aliphatic heterocycles. The number of benzene rings is 12. The van der Waals surface area contributed by atoms with Crippen molar-refractivity contribution in [2.75, 3.05) is 9.80 Å². The van der Waals surface area contributed by atoms with E-state index in [1.165, 1.54) is 117 Å². The first-order chi connectivity index (χ1) is 40.7. The number of para-hydroxylation sites is 2. The van der Waals surface area contributed by atoms with Gasteiger partial charge >= 0.3 is 0 Å². The first kappa shape index (κ1) is 51.4. The van der Waals surface area contributed by atoms with E-state index in [4.69, 9.17) is 0 Å². The number of fused-ring (bicyclic) bond motifs is 14. The lowest BCUT2D eigenvalue weighted by Crippen LogP contribution is -2.28. The summed E-state index contributed by atoms with van der Waals surface area (Å²) in [5, 5.41) is 2.48. The lowest BCUT2D eigenvalue weighted by molar-refractivity contribution is 0.586. The molecule has 0 saturated carbocycles. The molecule has 0 bridgehead atoms. The molecule has 2 nitrogen and oxygen atoms in total. The smallest absolute Gasteiger partial charge is 0.0726 e. The Hall–Kier alpha value is -9.50. The van der Waals surface area contributed by atoms with Crippen molar-refractivity contribution in [1.29, 1.82) is 0 Å². The Kier molecular flexibility index (Phi) is 11.6. The molecule has 2 heteroatoms. The SMILES string of the molecule is CC(C)(C)c1ccc2c(c1)C1(c3cc(C(C)(C)C)ccc3-2)c2cc3ccccc3cc2-c2c1cc1c(c2N(c2ccccc2)c2ccc(-c3ccccc3)cc2)C(C)(C)c2cc(N(c3ccccc3)c3ccc(-c4ccccc4)cc3)ccc2-1. The molecule has 0 amide bonds. The molecular weight excluding hydrogens is 1010 g/mol. The average molecular weight is 1080 g/mol. The normalized spacial score (nSPS) is 13.9. The third-order valence-electron chi connectivity index (χ3n) is 18.7. The number of rotatable bonds is 8. The van der Waals surface area contributed by atoms with Crippen LogP contribution in [0.5, 0.6) is 0 Å². The van der Waals surface area contributed by atoms with Crippen molar-refractivity contribution >= 4 is 44.9 Å². The standard InChI is InChI=1S/C82H68N2/c1-79(2,3)59-37-44-66-67-45-38-60(80(4,5)6)50-74(67)82(73(66)49-59)72-48-58-28-22-21-27-57(58)47-70(72)76-75(82)52-69-68-46-43-65(83(61-29-17-11-18-30-61)63-39-33-55(34-40-63)53-23-13-9-14-24-53)51-71(68)81(7,8)77(69)78(76)84(62-31-19-12-20-32-62)64-41-35-56(36-42-64)54-25-15-10-16-26-54/h9-52H,1-8H3. The van der Waals surface area contributed by atoms with Crippen LogP contribution >= 0.6 is 0 Å². The van der Waals surface area contributed by atoms with Crippen molar-refractivity contribution in [3.8, 4) is 55.6 Å². The van der Waals surface area contributed by atoms with Crippen molar-refractivity contribution in [2.45, 2.75) is 77.0 Å². The van der Waals surface area contributed by atoms with E-state index in [1.807, 2.05) is 0 Å². The summed E-state index contributed by atoms with van der Waals surface area (Å²) in [5.74, 6) is 0. The van der Waals surface area contributed by atoms with Crippen LogP contribution < -0.4 is 9.80 Å². The summed E-state index contributed by atoms with van der Waals surface area (Å²) in [6.45, 7) is 19.2. The zero-order valence-electron chi connectivity index (χ0n) is 49.3. The zero-order valence-corrected chi connectivity index (χ0v) is 49.3. The summed E-state index contributed by atoms with van der Waals surface area (Å²) in [7, 11) is 0. The van der Waals surface area contributed by atoms with Gasteiger partial charge in [0.1, 0.15) is 0 Å². The highest BCUT2D eigenvalue weighted by molar-refractivity contribution is 6.09. The van der Waals surface area contributed by atoms with Crippen LogP contribution in [-0.4, -0.2) is 0 Å². The maximum Gasteiger partial charge on any atom is 0.0726 e. The number of nitrogens with zero attached hydrogens (tertiary/aromatic N) is 2. The number of anilines is 6. The largest absolute Gasteiger partial charge is 0.310 e. The van der Waals surface area contributed by atoms with Crippen molar-refractivity contribution in [1.82, 2.24) is 0 Å². The molecule has 0 aromatic heterocycles. The molecule has 0 fully saturated rings. The van der Waals surface area contributed by atoms with E-state index in [-0.39, 0.29) is 10.8 Å². The van der Waals surface area contributed by atoms with Crippen LogP contribution in [0.25, 0.3) is 66.4 Å². The Bertz CT molecular complexity index is 4480. The maximum atomic E-state index is 2.68. The molecule has 3 aliphatic carbocycles. The fraction of sp³-hybridized carbons (Fsp3) is 0.146. The molecule has 0 radical (unpaired) electrons. The quantitative estimate of drug-likeness (QED) is 0.150. The Morgan fingerprint density at radius 3 is 1.19 bits per heavy atom. The molecule has 3 aliphatic rings. The lowest BCUT2D eigenvalue weighted by Gasteiger charge is -2.36. The Labute approximate surface area is 496 Å². The molecule has 12 aromatic rings.